The van der Waals surface area contributed by atoms with Gasteiger partial charge in [-0.15, -0.1) is 0 Å². The van der Waals surface area contributed by atoms with Crippen molar-refractivity contribution >= 4 is 5.91 Å². The number of rotatable bonds is 4. The van der Waals surface area contributed by atoms with Crippen molar-refractivity contribution < 1.29 is 13.6 Å². The number of nitrogens with one attached hydrogen (secondary N) is 1. The molecule has 106 valence electrons. The summed E-state index contributed by atoms with van der Waals surface area (Å²) in [4.78, 5) is 13.1. The number of amides is 1. The van der Waals surface area contributed by atoms with E-state index in [1.165, 1.54) is 0 Å². The van der Waals surface area contributed by atoms with Gasteiger partial charge < -0.3 is 5.32 Å². The van der Waals surface area contributed by atoms with Crippen LogP contribution in [0, 0.1) is 11.8 Å². The summed E-state index contributed by atoms with van der Waals surface area (Å²) in [5.41, 5.74) is 0. The average Bonchev–Trinajstić information content (AvgIpc) is 2.13. The minimum Gasteiger partial charge on any atom is -0.353 e. The zero-order chi connectivity index (χ0) is 13.9. The van der Waals surface area contributed by atoms with Crippen molar-refractivity contribution in [3.63, 3.8) is 0 Å². The first-order chi connectivity index (χ1) is 8.22. The first kappa shape index (κ1) is 15.3. The summed E-state index contributed by atoms with van der Waals surface area (Å²) >= 11 is 0. The third-order valence-corrected chi connectivity index (χ3v) is 3.35. The summed E-state index contributed by atoms with van der Waals surface area (Å²) in [6, 6.07) is 0.0474. The molecule has 1 N–H and O–H groups in total. The summed E-state index contributed by atoms with van der Waals surface area (Å²) in [6.07, 6.45) is 0.458. The monoisotopic (exact) mass is 262 g/mol. The van der Waals surface area contributed by atoms with E-state index >= 15 is 0 Å². The molecule has 0 aromatic rings. The van der Waals surface area contributed by atoms with Gasteiger partial charge in [-0.25, -0.2) is 8.78 Å². The van der Waals surface area contributed by atoms with Gasteiger partial charge in [0.05, 0.1) is 13.1 Å². The van der Waals surface area contributed by atoms with E-state index in [0.29, 0.717) is 13.0 Å². The maximum absolute atomic E-state index is 13.9. The molecule has 0 radical (unpaired) electrons. The Labute approximate surface area is 108 Å². The molecule has 1 amide bonds. The molecule has 1 unspecified atom stereocenters. The van der Waals surface area contributed by atoms with Crippen LogP contribution in [0.5, 0.6) is 0 Å². The van der Waals surface area contributed by atoms with E-state index in [1.54, 1.807) is 4.90 Å². The zero-order valence-electron chi connectivity index (χ0n) is 11.7. The molecule has 1 rings (SSSR count). The Bertz CT molecular complexity index is 293. The molecule has 18 heavy (non-hydrogen) atoms. The molecule has 0 spiro atoms. The highest BCUT2D eigenvalue weighted by Crippen LogP contribution is 2.37. The number of piperidine rings is 1. The number of nitrogens with zero attached hydrogens (tertiary/aromatic N) is 1. The van der Waals surface area contributed by atoms with Gasteiger partial charge in [0.1, 0.15) is 0 Å². The molecule has 1 aliphatic heterocycles. The fourth-order valence-electron chi connectivity index (χ4n) is 2.55. The summed E-state index contributed by atoms with van der Waals surface area (Å²) in [6.45, 7) is 7.72. The standard InChI is InChI=1S/C13H24F2N2O/c1-9(2)11-5-6-17(8-13(11,14)15)7-12(18)16-10(3)4/h9-11H,5-8H2,1-4H3,(H,16,18). The van der Waals surface area contributed by atoms with E-state index in [0.717, 1.165) is 0 Å². The van der Waals surface area contributed by atoms with Gasteiger partial charge in [-0.1, -0.05) is 13.8 Å². The van der Waals surface area contributed by atoms with E-state index in [4.69, 9.17) is 0 Å². The van der Waals surface area contributed by atoms with Crippen molar-refractivity contribution in [3.05, 3.63) is 0 Å². The lowest BCUT2D eigenvalue weighted by molar-refractivity contribution is -0.136. The van der Waals surface area contributed by atoms with Gasteiger partial charge >= 0.3 is 0 Å². The first-order valence-electron chi connectivity index (χ1n) is 6.62. The zero-order valence-corrected chi connectivity index (χ0v) is 11.7. The first-order valence-corrected chi connectivity index (χ1v) is 6.62. The van der Waals surface area contributed by atoms with Crippen molar-refractivity contribution in [2.24, 2.45) is 11.8 Å². The molecule has 0 bridgehead atoms. The lowest BCUT2D eigenvalue weighted by atomic mass is 9.83. The SMILES string of the molecule is CC(C)NC(=O)CN1CCC(C(C)C)C(F)(F)C1. The van der Waals surface area contributed by atoms with Crippen LogP contribution in [-0.2, 0) is 4.79 Å². The number of halogens is 2. The molecular weight excluding hydrogens is 238 g/mol. The molecule has 1 fully saturated rings. The van der Waals surface area contributed by atoms with Crippen LogP contribution >= 0.6 is 0 Å². The van der Waals surface area contributed by atoms with E-state index in [2.05, 4.69) is 5.32 Å². The third kappa shape index (κ3) is 4.19. The molecule has 0 aromatic heterocycles. The summed E-state index contributed by atoms with van der Waals surface area (Å²) in [7, 11) is 0. The Morgan fingerprint density at radius 1 is 1.39 bits per heavy atom. The van der Waals surface area contributed by atoms with Crippen molar-refractivity contribution in [2.75, 3.05) is 19.6 Å². The topological polar surface area (TPSA) is 32.3 Å². The number of hydrogen-bond acceptors (Lipinski definition) is 2. The fraction of sp³-hybridized carbons (Fsp3) is 0.923. The Balaban J connectivity index is 2.51. The molecule has 0 aromatic carbocycles. The van der Waals surface area contributed by atoms with Crippen LogP contribution in [0.4, 0.5) is 8.78 Å². The minimum atomic E-state index is -2.69. The quantitative estimate of drug-likeness (QED) is 0.841. The van der Waals surface area contributed by atoms with Crippen molar-refractivity contribution in [1.82, 2.24) is 10.2 Å². The molecule has 5 heteroatoms. The van der Waals surface area contributed by atoms with Crippen LogP contribution in [0.1, 0.15) is 34.1 Å². The predicted molar refractivity (Wildman–Crippen MR) is 67.6 cm³/mol. The van der Waals surface area contributed by atoms with E-state index in [-0.39, 0.29) is 31.0 Å². The van der Waals surface area contributed by atoms with Crippen molar-refractivity contribution in [2.45, 2.75) is 46.1 Å². The molecule has 1 saturated heterocycles. The highest BCUT2D eigenvalue weighted by Gasteiger charge is 2.45. The molecule has 0 aliphatic carbocycles. The fourth-order valence-corrected chi connectivity index (χ4v) is 2.55. The molecular formula is C13H24F2N2O. The number of carbonyl (C=O) groups excluding carboxylic acids is 1. The van der Waals surface area contributed by atoms with Gasteiger partial charge in [-0.05, 0) is 32.7 Å². The number of carbonyl (C=O) groups is 1. The Morgan fingerprint density at radius 2 is 2.00 bits per heavy atom. The maximum atomic E-state index is 13.9. The Hall–Kier alpha value is -0.710. The van der Waals surface area contributed by atoms with E-state index in [1.807, 2.05) is 27.7 Å². The lowest BCUT2D eigenvalue weighted by Gasteiger charge is -2.39. The van der Waals surface area contributed by atoms with Crippen LogP contribution in [0.15, 0.2) is 0 Å². The molecule has 1 heterocycles. The molecule has 1 atom stereocenters. The number of alkyl halides is 2. The summed E-state index contributed by atoms with van der Waals surface area (Å²) in [5.74, 6) is -3.46. The van der Waals surface area contributed by atoms with E-state index in [9.17, 15) is 13.6 Å². The number of likely N-dealkylation sites (tertiary alicyclic amines) is 1. The second-order valence-corrected chi connectivity index (χ2v) is 5.83. The van der Waals surface area contributed by atoms with Gasteiger partial charge in [0, 0.05) is 12.0 Å². The average molecular weight is 262 g/mol. The van der Waals surface area contributed by atoms with Crippen LogP contribution in [-0.4, -0.2) is 42.4 Å². The smallest absolute Gasteiger partial charge is 0.263 e. The summed E-state index contributed by atoms with van der Waals surface area (Å²) in [5, 5.41) is 2.73. The van der Waals surface area contributed by atoms with Gasteiger partial charge in [0.2, 0.25) is 5.91 Å². The van der Waals surface area contributed by atoms with Gasteiger partial charge in [0.25, 0.3) is 5.92 Å². The third-order valence-electron chi connectivity index (χ3n) is 3.35. The molecule has 1 aliphatic rings. The summed E-state index contributed by atoms with van der Waals surface area (Å²) < 4.78 is 27.8. The van der Waals surface area contributed by atoms with Gasteiger partial charge in [-0.2, -0.15) is 0 Å². The van der Waals surface area contributed by atoms with Crippen molar-refractivity contribution in [3.8, 4) is 0 Å². The Morgan fingerprint density at radius 3 is 2.44 bits per heavy atom. The van der Waals surface area contributed by atoms with Crippen LogP contribution in [0.25, 0.3) is 0 Å². The normalized spacial score (nSPS) is 24.6. The second-order valence-electron chi connectivity index (χ2n) is 5.83. The second kappa shape index (κ2) is 5.95. The van der Waals surface area contributed by atoms with Crippen LogP contribution in [0.2, 0.25) is 0 Å². The molecule has 3 nitrogen and oxygen atoms in total. The maximum Gasteiger partial charge on any atom is 0.263 e. The van der Waals surface area contributed by atoms with Gasteiger partial charge in [-0.3, -0.25) is 9.69 Å². The van der Waals surface area contributed by atoms with Crippen molar-refractivity contribution in [1.29, 1.82) is 0 Å². The van der Waals surface area contributed by atoms with Crippen LogP contribution < -0.4 is 5.32 Å². The van der Waals surface area contributed by atoms with E-state index < -0.39 is 11.8 Å². The van der Waals surface area contributed by atoms with Gasteiger partial charge in [0.15, 0.2) is 0 Å². The molecule has 0 saturated carbocycles. The minimum absolute atomic E-state index is 0.0216. The highest BCUT2D eigenvalue weighted by molar-refractivity contribution is 5.78. The number of hydrogen-bond donors (Lipinski definition) is 1. The Kier molecular flexibility index (Phi) is 5.08. The predicted octanol–water partition coefficient (Wildman–Crippen LogP) is 2.12. The highest BCUT2D eigenvalue weighted by atomic mass is 19.3. The largest absolute Gasteiger partial charge is 0.353 e. The van der Waals surface area contributed by atoms with Crippen LogP contribution in [0.3, 0.4) is 0 Å². The lowest BCUT2D eigenvalue weighted by Crippen LogP contribution is -2.52.